The molecule has 0 unspecified atom stereocenters. The van der Waals surface area contributed by atoms with E-state index in [0.29, 0.717) is 21.1 Å². The summed E-state index contributed by atoms with van der Waals surface area (Å²) in [5.74, 6) is 0.193. The van der Waals surface area contributed by atoms with Gasteiger partial charge in [-0.2, -0.15) is 0 Å². The van der Waals surface area contributed by atoms with Crippen LogP contribution < -0.4 is 10.1 Å². The molecular weight excluding hydrogens is 346 g/mol. The lowest BCUT2D eigenvalue weighted by molar-refractivity contribution is 0.0958. The third-order valence-corrected chi connectivity index (χ3v) is 3.25. The van der Waals surface area contributed by atoms with Crippen LogP contribution in [-0.4, -0.2) is 22.9 Å². The number of carbonyl (C=O) groups excluding carboxylic acids is 1. The van der Waals surface area contributed by atoms with Gasteiger partial charge in [0.25, 0.3) is 5.91 Å². The van der Waals surface area contributed by atoms with E-state index in [9.17, 15) is 4.79 Å². The maximum Gasteiger partial charge on any atom is 0.269 e. The second-order valence-corrected chi connectivity index (χ2v) is 5.05. The number of hydrogen-bond donors (Lipinski definition) is 1. The minimum absolute atomic E-state index is 0.226. The fourth-order valence-electron chi connectivity index (χ4n) is 1.44. The third kappa shape index (κ3) is 3.68. The van der Waals surface area contributed by atoms with E-state index in [4.69, 9.17) is 16.3 Å². The van der Waals surface area contributed by atoms with E-state index in [1.54, 1.807) is 12.1 Å². The molecule has 0 radical (unpaired) electrons. The number of carbonyl (C=O) groups is 1. The second kappa shape index (κ2) is 6.67. The number of aromatic nitrogens is 2. The van der Waals surface area contributed by atoms with E-state index in [0.717, 1.165) is 0 Å². The van der Waals surface area contributed by atoms with Crippen LogP contribution >= 0.6 is 27.5 Å². The summed E-state index contributed by atoms with van der Waals surface area (Å²) in [4.78, 5) is 19.6. The lowest BCUT2D eigenvalue weighted by atomic mass is 10.2. The molecule has 0 spiro atoms. The lowest BCUT2D eigenvalue weighted by Crippen LogP contribution is -2.19. The Kier molecular flexibility index (Phi) is 4.92. The van der Waals surface area contributed by atoms with E-state index in [-0.39, 0.29) is 18.2 Å². The summed E-state index contributed by atoms with van der Waals surface area (Å²) in [5, 5.41) is 2.91. The highest BCUT2D eigenvalue weighted by atomic mass is 79.9. The molecule has 0 aliphatic heterocycles. The first-order chi connectivity index (χ1) is 9.60. The van der Waals surface area contributed by atoms with Crippen molar-refractivity contribution in [2.45, 2.75) is 6.61 Å². The highest BCUT2D eigenvalue weighted by Gasteiger charge is 2.09. The molecule has 0 saturated heterocycles. The molecule has 0 aliphatic rings. The van der Waals surface area contributed by atoms with E-state index < -0.39 is 0 Å². The molecule has 20 heavy (non-hydrogen) atoms. The van der Waals surface area contributed by atoms with E-state index in [1.165, 1.54) is 19.3 Å². The number of amides is 1. The van der Waals surface area contributed by atoms with Gasteiger partial charge < -0.3 is 10.1 Å². The van der Waals surface area contributed by atoms with Crippen LogP contribution in [0.2, 0.25) is 5.02 Å². The Labute approximate surface area is 129 Å². The minimum atomic E-state index is -0.284. The Morgan fingerprint density at radius 1 is 1.50 bits per heavy atom. The molecule has 2 aromatic heterocycles. The van der Waals surface area contributed by atoms with Gasteiger partial charge >= 0.3 is 0 Å². The van der Waals surface area contributed by atoms with Crippen LogP contribution in [0.1, 0.15) is 16.1 Å². The van der Waals surface area contributed by atoms with Gasteiger partial charge in [-0.3, -0.25) is 9.78 Å². The van der Waals surface area contributed by atoms with Gasteiger partial charge in [-0.1, -0.05) is 17.7 Å². The molecule has 5 nitrogen and oxygen atoms in total. The number of pyridine rings is 2. The predicted octanol–water partition coefficient (Wildman–Crippen LogP) is 2.83. The molecule has 0 aliphatic carbocycles. The van der Waals surface area contributed by atoms with Gasteiger partial charge in [0.1, 0.15) is 16.9 Å². The summed E-state index contributed by atoms with van der Waals surface area (Å²) < 4.78 is 6.20. The summed E-state index contributed by atoms with van der Waals surface area (Å²) >= 11 is 9.36. The molecule has 0 fully saturated rings. The Bertz CT molecular complexity index is 637. The van der Waals surface area contributed by atoms with E-state index in [2.05, 4.69) is 31.2 Å². The molecule has 0 aromatic carbocycles. The number of hydrogen-bond acceptors (Lipinski definition) is 4. The van der Waals surface area contributed by atoms with E-state index >= 15 is 0 Å². The third-order valence-electron chi connectivity index (χ3n) is 2.45. The highest BCUT2D eigenvalue weighted by molar-refractivity contribution is 9.10. The van der Waals surface area contributed by atoms with Gasteiger partial charge in [-0.05, 0) is 28.1 Å². The fourth-order valence-corrected chi connectivity index (χ4v) is 1.97. The normalized spacial score (nSPS) is 10.2. The average Bonchev–Trinajstić information content (AvgIpc) is 2.45. The molecule has 0 saturated carbocycles. The SMILES string of the molecule is CNC(=O)c1cc(Cl)c(COc2cccc(Br)n2)cn1. The Hall–Kier alpha value is -1.66. The van der Waals surface area contributed by atoms with E-state index in [1.807, 2.05) is 6.07 Å². The Morgan fingerprint density at radius 2 is 2.30 bits per heavy atom. The maximum atomic E-state index is 11.4. The Morgan fingerprint density at radius 3 is 2.95 bits per heavy atom. The summed E-state index contributed by atoms with van der Waals surface area (Å²) in [6.45, 7) is 0.226. The molecule has 104 valence electrons. The lowest BCUT2D eigenvalue weighted by Gasteiger charge is -2.08. The number of nitrogens with one attached hydrogen (secondary N) is 1. The van der Waals surface area contributed by atoms with Gasteiger partial charge in [0, 0.05) is 24.9 Å². The van der Waals surface area contributed by atoms with Crippen LogP contribution in [0.3, 0.4) is 0 Å². The summed E-state index contributed by atoms with van der Waals surface area (Å²) in [5.41, 5.74) is 0.947. The van der Waals surface area contributed by atoms with Gasteiger partial charge in [0.2, 0.25) is 5.88 Å². The molecule has 0 bridgehead atoms. The quantitative estimate of drug-likeness (QED) is 0.856. The van der Waals surface area contributed by atoms with Crippen LogP contribution in [0, 0.1) is 0 Å². The summed E-state index contributed by atoms with van der Waals surface area (Å²) in [6, 6.07) is 6.87. The molecule has 1 amide bonds. The van der Waals surface area contributed by atoms with Gasteiger partial charge in [-0.25, -0.2) is 4.98 Å². The van der Waals surface area contributed by atoms with Gasteiger partial charge in [0.15, 0.2) is 0 Å². The molecule has 0 atom stereocenters. The molecule has 2 aromatic rings. The van der Waals surface area contributed by atoms with Crippen LogP contribution in [0.4, 0.5) is 0 Å². The van der Waals surface area contributed by atoms with Crippen molar-refractivity contribution in [1.82, 2.24) is 15.3 Å². The monoisotopic (exact) mass is 355 g/mol. The largest absolute Gasteiger partial charge is 0.473 e. The number of ether oxygens (including phenoxy) is 1. The highest BCUT2D eigenvalue weighted by Crippen LogP contribution is 2.19. The first-order valence-corrected chi connectivity index (χ1v) is 6.89. The average molecular weight is 357 g/mol. The van der Waals surface area contributed by atoms with Gasteiger partial charge in [-0.15, -0.1) is 0 Å². The van der Waals surface area contributed by atoms with Crippen molar-refractivity contribution in [3.63, 3.8) is 0 Å². The molecule has 7 heteroatoms. The van der Waals surface area contributed by atoms with Gasteiger partial charge in [0.05, 0.1) is 5.02 Å². The number of halogens is 2. The number of rotatable bonds is 4. The molecule has 1 N–H and O–H groups in total. The minimum Gasteiger partial charge on any atom is -0.473 e. The maximum absolute atomic E-state index is 11.4. The molecule has 2 rings (SSSR count). The van der Waals surface area contributed by atoms with Crippen LogP contribution in [-0.2, 0) is 6.61 Å². The van der Waals surface area contributed by atoms with Crippen LogP contribution in [0.5, 0.6) is 5.88 Å². The summed E-state index contributed by atoms with van der Waals surface area (Å²) in [7, 11) is 1.54. The predicted molar refractivity (Wildman–Crippen MR) is 78.9 cm³/mol. The zero-order chi connectivity index (χ0) is 14.5. The fraction of sp³-hybridized carbons (Fsp3) is 0.154. The second-order valence-electron chi connectivity index (χ2n) is 3.83. The van der Waals surface area contributed by atoms with Crippen molar-refractivity contribution in [1.29, 1.82) is 0 Å². The van der Waals surface area contributed by atoms with Crippen molar-refractivity contribution in [2.75, 3.05) is 7.05 Å². The van der Waals surface area contributed by atoms with Crippen molar-refractivity contribution in [3.05, 3.63) is 51.3 Å². The van der Waals surface area contributed by atoms with Crippen LogP contribution in [0.15, 0.2) is 35.1 Å². The summed E-state index contributed by atoms with van der Waals surface area (Å²) in [6.07, 6.45) is 1.52. The topological polar surface area (TPSA) is 64.1 Å². The first-order valence-electron chi connectivity index (χ1n) is 5.72. The number of nitrogens with zero attached hydrogens (tertiary/aromatic N) is 2. The van der Waals surface area contributed by atoms with Crippen LogP contribution in [0.25, 0.3) is 0 Å². The smallest absolute Gasteiger partial charge is 0.269 e. The Balaban J connectivity index is 2.08. The molecular formula is C13H11BrClN3O2. The standard InChI is InChI=1S/C13H11BrClN3O2/c1-16-13(19)10-5-9(15)8(6-17-10)7-20-12-4-2-3-11(14)18-12/h2-6H,7H2,1H3,(H,16,19). The van der Waals surface area contributed by atoms with Crippen molar-refractivity contribution in [3.8, 4) is 5.88 Å². The van der Waals surface area contributed by atoms with Crippen molar-refractivity contribution in [2.24, 2.45) is 0 Å². The van der Waals surface area contributed by atoms with Crippen molar-refractivity contribution >= 4 is 33.4 Å². The zero-order valence-electron chi connectivity index (χ0n) is 10.6. The first kappa shape index (κ1) is 14.7. The zero-order valence-corrected chi connectivity index (χ0v) is 12.9. The molecule has 2 heterocycles. The van der Waals surface area contributed by atoms with Crippen molar-refractivity contribution < 1.29 is 9.53 Å².